The van der Waals surface area contributed by atoms with Crippen molar-refractivity contribution in [1.82, 2.24) is 4.98 Å². The molecule has 0 radical (unpaired) electrons. The van der Waals surface area contributed by atoms with Gasteiger partial charge in [-0.15, -0.1) is 0 Å². The summed E-state index contributed by atoms with van der Waals surface area (Å²) in [6.07, 6.45) is 1.61. The van der Waals surface area contributed by atoms with Crippen LogP contribution in [0.2, 0.25) is 0 Å². The van der Waals surface area contributed by atoms with E-state index in [1.54, 1.807) is 60.8 Å². The molecule has 0 aliphatic rings. The van der Waals surface area contributed by atoms with E-state index in [4.69, 9.17) is 0 Å². The van der Waals surface area contributed by atoms with E-state index in [0.717, 1.165) is 0 Å². The van der Waals surface area contributed by atoms with Gasteiger partial charge in [0.25, 0.3) is 5.91 Å². The molecule has 6 nitrogen and oxygen atoms in total. The Hall–Kier alpha value is -3.67. The molecule has 1 aromatic heterocycles. The molecule has 0 aliphatic heterocycles. The summed E-state index contributed by atoms with van der Waals surface area (Å²) in [6, 6.07) is 20.7. The topological polar surface area (TPSA) is 83.1 Å². The number of aromatic nitrogens is 1. The number of anilines is 3. The van der Waals surface area contributed by atoms with Crippen LogP contribution in [-0.2, 0) is 0 Å². The quantitative estimate of drug-likeness (QED) is 0.676. The van der Waals surface area contributed by atoms with Gasteiger partial charge < -0.3 is 16.0 Å². The number of rotatable bonds is 4. The van der Waals surface area contributed by atoms with Crippen molar-refractivity contribution in [1.29, 1.82) is 0 Å². The molecule has 3 amide bonds. The fraction of sp³-hybridized carbons (Fsp3) is 0. The molecule has 0 bridgehead atoms. The lowest BCUT2D eigenvalue weighted by Gasteiger charge is -2.08. The zero-order chi connectivity index (χ0) is 17.5. The summed E-state index contributed by atoms with van der Waals surface area (Å²) in [6.45, 7) is 0. The number of para-hydroxylation sites is 1. The van der Waals surface area contributed by atoms with E-state index >= 15 is 0 Å². The van der Waals surface area contributed by atoms with Crippen LogP contribution >= 0.6 is 0 Å². The van der Waals surface area contributed by atoms with Crippen molar-refractivity contribution in [3.63, 3.8) is 0 Å². The van der Waals surface area contributed by atoms with Crippen LogP contribution in [0.5, 0.6) is 0 Å². The van der Waals surface area contributed by atoms with E-state index in [2.05, 4.69) is 20.9 Å². The lowest BCUT2D eigenvalue weighted by molar-refractivity contribution is 0.102. The number of carbonyl (C=O) groups excluding carboxylic acids is 2. The molecule has 3 aromatic rings. The number of pyridine rings is 1. The Morgan fingerprint density at radius 1 is 0.680 bits per heavy atom. The molecule has 0 saturated heterocycles. The first kappa shape index (κ1) is 16.2. The number of benzene rings is 2. The molecular formula is C19H16N4O2. The normalized spacial score (nSPS) is 9.92. The molecular weight excluding hydrogens is 316 g/mol. The van der Waals surface area contributed by atoms with E-state index in [0.29, 0.717) is 22.8 Å². The van der Waals surface area contributed by atoms with E-state index < -0.39 is 0 Å². The zero-order valence-electron chi connectivity index (χ0n) is 13.3. The van der Waals surface area contributed by atoms with Crippen LogP contribution in [-0.4, -0.2) is 16.9 Å². The second-order valence-electron chi connectivity index (χ2n) is 5.19. The van der Waals surface area contributed by atoms with Gasteiger partial charge in [-0.3, -0.25) is 4.79 Å². The Morgan fingerprint density at radius 2 is 1.32 bits per heavy atom. The monoisotopic (exact) mass is 332 g/mol. The predicted octanol–water partition coefficient (Wildman–Crippen LogP) is 3.98. The molecule has 0 saturated carbocycles. The molecule has 3 N–H and O–H groups in total. The molecule has 6 heteroatoms. The van der Waals surface area contributed by atoms with Crippen molar-refractivity contribution in [2.75, 3.05) is 16.0 Å². The van der Waals surface area contributed by atoms with Gasteiger partial charge in [0.15, 0.2) is 0 Å². The summed E-state index contributed by atoms with van der Waals surface area (Å²) < 4.78 is 0. The summed E-state index contributed by atoms with van der Waals surface area (Å²) in [5.41, 5.74) is 1.76. The second-order valence-corrected chi connectivity index (χ2v) is 5.19. The molecule has 0 fully saturated rings. The minimum Gasteiger partial charge on any atom is -0.308 e. The van der Waals surface area contributed by atoms with Crippen molar-refractivity contribution in [3.05, 3.63) is 84.6 Å². The van der Waals surface area contributed by atoms with E-state index in [1.165, 1.54) is 0 Å². The number of nitrogens with zero attached hydrogens (tertiary/aromatic N) is 1. The van der Waals surface area contributed by atoms with Crippen LogP contribution in [0.3, 0.4) is 0 Å². The van der Waals surface area contributed by atoms with Gasteiger partial charge in [-0.2, -0.15) is 0 Å². The number of hydrogen-bond acceptors (Lipinski definition) is 3. The maximum Gasteiger partial charge on any atom is 0.323 e. The van der Waals surface area contributed by atoms with Crippen molar-refractivity contribution >= 4 is 29.1 Å². The Morgan fingerprint density at radius 3 is 1.96 bits per heavy atom. The van der Waals surface area contributed by atoms with Gasteiger partial charge in [0.05, 0.1) is 0 Å². The summed E-state index contributed by atoms with van der Waals surface area (Å²) in [5, 5.41) is 8.14. The number of hydrogen-bond donors (Lipinski definition) is 3. The highest BCUT2D eigenvalue weighted by Crippen LogP contribution is 2.12. The van der Waals surface area contributed by atoms with E-state index in [1.807, 2.05) is 18.2 Å². The highest BCUT2D eigenvalue weighted by molar-refractivity contribution is 6.04. The average Bonchev–Trinajstić information content (AvgIpc) is 2.64. The fourth-order valence-corrected chi connectivity index (χ4v) is 2.15. The summed E-state index contributed by atoms with van der Waals surface area (Å²) in [5.74, 6) is 0.218. The Labute approximate surface area is 144 Å². The Bertz CT molecular complexity index is 850. The van der Waals surface area contributed by atoms with Crippen LogP contribution in [0.4, 0.5) is 22.0 Å². The number of carbonyl (C=O) groups is 2. The predicted molar refractivity (Wildman–Crippen MR) is 97.7 cm³/mol. The first-order valence-corrected chi connectivity index (χ1v) is 7.66. The third-order valence-corrected chi connectivity index (χ3v) is 3.34. The molecule has 0 unspecified atom stereocenters. The van der Waals surface area contributed by atoms with Gasteiger partial charge in [-0.25, -0.2) is 9.78 Å². The first-order valence-electron chi connectivity index (χ1n) is 7.66. The van der Waals surface area contributed by atoms with Crippen molar-refractivity contribution < 1.29 is 9.59 Å². The summed E-state index contributed by atoms with van der Waals surface area (Å²) in [4.78, 5) is 28.1. The standard InChI is InChI=1S/C19H16N4O2/c24-18(23-17-8-4-5-13-20-17)14-9-11-16(12-10-14)22-19(25)21-15-6-2-1-3-7-15/h1-13H,(H,20,23,24)(H2,21,22,25). The zero-order valence-corrected chi connectivity index (χ0v) is 13.3. The molecule has 25 heavy (non-hydrogen) atoms. The smallest absolute Gasteiger partial charge is 0.308 e. The molecule has 1 heterocycles. The van der Waals surface area contributed by atoms with E-state index in [9.17, 15) is 9.59 Å². The van der Waals surface area contributed by atoms with Gasteiger partial charge in [-0.05, 0) is 48.5 Å². The molecule has 124 valence electrons. The molecule has 3 rings (SSSR count). The van der Waals surface area contributed by atoms with Crippen LogP contribution in [0.25, 0.3) is 0 Å². The third kappa shape index (κ3) is 4.65. The maximum absolute atomic E-state index is 12.1. The number of nitrogens with one attached hydrogen (secondary N) is 3. The molecule has 2 aromatic carbocycles. The van der Waals surface area contributed by atoms with Gasteiger partial charge in [0.2, 0.25) is 0 Å². The summed E-state index contributed by atoms with van der Waals surface area (Å²) in [7, 11) is 0. The van der Waals surface area contributed by atoms with Gasteiger partial charge >= 0.3 is 6.03 Å². The SMILES string of the molecule is O=C(Nc1ccccc1)Nc1ccc(C(=O)Nc2ccccn2)cc1. The highest BCUT2D eigenvalue weighted by atomic mass is 16.2. The van der Waals surface area contributed by atoms with Crippen molar-refractivity contribution in [2.45, 2.75) is 0 Å². The first-order chi connectivity index (χ1) is 12.2. The van der Waals surface area contributed by atoms with Crippen molar-refractivity contribution in [3.8, 4) is 0 Å². The number of amides is 3. The fourth-order valence-electron chi connectivity index (χ4n) is 2.15. The molecule has 0 atom stereocenters. The lowest BCUT2D eigenvalue weighted by atomic mass is 10.2. The van der Waals surface area contributed by atoms with Crippen LogP contribution in [0.15, 0.2) is 79.0 Å². The Kier molecular flexibility index (Phi) is 5.01. The molecule has 0 aliphatic carbocycles. The van der Waals surface area contributed by atoms with Crippen LogP contribution < -0.4 is 16.0 Å². The Balaban J connectivity index is 1.58. The van der Waals surface area contributed by atoms with Crippen LogP contribution in [0.1, 0.15) is 10.4 Å². The second kappa shape index (κ2) is 7.74. The van der Waals surface area contributed by atoms with E-state index in [-0.39, 0.29) is 11.9 Å². The van der Waals surface area contributed by atoms with Crippen LogP contribution in [0, 0.1) is 0 Å². The largest absolute Gasteiger partial charge is 0.323 e. The average molecular weight is 332 g/mol. The summed E-state index contributed by atoms with van der Waals surface area (Å²) >= 11 is 0. The van der Waals surface area contributed by atoms with Gasteiger partial charge in [0.1, 0.15) is 5.82 Å². The third-order valence-electron chi connectivity index (χ3n) is 3.34. The molecule has 0 spiro atoms. The highest BCUT2D eigenvalue weighted by Gasteiger charge is 2.07. The van der Waals surface area contributed by atoms with Crippen molar-refractivity contribution in [2.24, 2.45) is 0 Å². The maximum atomic E-state index is 12.1. The minimum atomic E-state index is -0.350. The minimum absolute atomic E-state index is 0.265. The van der Waals surface area contributed by atoms with Gasteiger partial charge in [-0.1, -0.05) is 24.3 Å². The lowest BCUT2D eigenvalue weighted by Crippen LogP contribution is -2.19. The van der Waals surface area contributed by atoms with Gasteiger partial charge in [0, 0.05) is 23.1 Å². The number of urea groups is 1.